The van der Waals surface area contributed by atoms with Crippen molar-refractivity contribution in [3.8, 4) is 5.75 Å². The summed E-state index contributed by atoms with van der Waals surface area (Å²) in [6.07, 6.45) is 1.85. The summed E-state index contributed by atoms with van der Waals surface area (Å²) in [6, 6.07) is 18.1. The number of hydrogen-bond donors (Lipinski definition) is 0. The van der Waals surface area contributed by atoms with Crippen molar-refractivity contribution in [2.75, 3.05) is 0 Å². The Bertz CT molecular complexity index is 818. The van der Waals surface area contributed by atoms with Crippen LogP contribution >= 0.6 is 27.7 Å². The monoisotopic (exact) mass is 415 g/mol. The van der Waals surface area contributed by atoms with Gasteiger partial charge in [-0.3, -0.25) is 4.57 Å². The summed E-state index contributed by atoms with van der Waals surface area (Å²) in [4.78, 5) is 0. The molecule has 4 nitrogen and oxygen atoms in total. The van der Waals surface area contributed by atoms with Crippen LogP contribution in [-0.4, -0.2) is 14.8 Å². The molecule has 3 aromatic rings. The van der Waals surface area contributed by atoms with E-state index in [4.69, 9.17) is 4.74 Å². The Labute approximate surface area is 160 Å². The van der Waals surface area contributed by atoms with E-state index in [9.17, 15) is 0 Å². The van der Waals surface area contributed by atoms with Crippen LogP contribution in [0.4, 0.5) is 0 Å². The van der Waals surface area contributed by atoms with E-state index >= 15 is 0 Å². The van der Waals surface area contributed by atoms with Gasteiger partial charge in [0.2, 0.25) is 0 Å². The maximum absolute atomic E-state index is 5.82. The molecule has 0 amide bonds. The quantitative estimate of drug-likeness (QED) is 0.379. The summed E-state index contributed by atoms with van der Waals surface area (Å²) in [5.41, 5.74) is 1.26. The lowest BCUT2D eigenvalue weighted by Crippen LogP contribution is -2.07. The minimum absolute atomic E-state index is 0.369. The van der Waals surface area contributed by atoms with Crippen molar-refractivity contribution >= 4 is 27.7 Å². The molecule has 0 aliphatic carbocycles. The topological polar surface area (TPSA) is 39.9 Å². The van der Waals surface area contributed by atoms with E-state index < -0.39 is 0 Å². The van der Waals surface area contributed by atoms with Crippen molar-refractivity contribution in [1.82, 2.24) is 14.8 Å². The van der Waals surface area contributed by atoms with Gasteiger partial charge in [-0.05, 0) is 29.8 Å². The van der Waals surface area contributed by atoms with Gasteiger partial charge in [-0.1, -0.05) is 64.1 Å². The molecule has 2 aromatic carbocycles. The van der Waals surface area contributed by atoms with Gasteiger partial charge in [0.15, 0.2) is 11.0 Å². The standard InChI is InChI=1S/C19H18BrN3OS/c1-2-12-23-18(13-24-17-10-8-16(20)9-11-17)21-22-19(23)25-14-15-6-4-3-5-7-15/h2-11H,1,12-14H2. The molecule has 0 unspecified atom stereocenters. The molecule has 0 saturated heterocycles. The molecule has 0 fully saturated rings. The van der Waals surface area contributed by atoms with E-state index in [-0.39, 0.29) is 0 Å². The fourth-order valence-corrected chi connectivity index (χ4v) is 3.43. The van der Waals surface area contributed by atoms with Crippen molar-refractivity contribution in [2.24, 2.45) is 0 Å². The number of aromatic nitrogens is 3. The van der Waals surface area contributed by atoms with Gasteiger partial charge in [-0.15, -0.1) is 16.8 Å². The molecule has 0 radical (unpaired) electrons. The van der Waals surface area contributed by atoms with Crippen molar-refractivity contribution in [3.05, 3.63) is 83.1 Å². The van der Waals surface area contributed by atoms with E-state index in [0.717, 1.165) is 27.0 Å². The second-order valence-electron chi connectivity index (χ2n) is 5.31. The van der Waals surface area contributed by atoms with Gasteiger partial charge in [-0.2, -0.15) is 0 Å². The van der Waals surface area contributed by atoms with Gasteiger partial charge in [0, 0.05) is 16.8 Å². The molecule has 25 heavy (non-hydrogen) atoms. The van der Waals surface area contributed by atoms with Crippen LogP contribution in [0.25, 0.3) is 0 Å². The van der Waals surface area contributed by atoms with Crippen LogP contribution in [-0.2, 0) is 18.9 Å². The third-order valence-electron chi connectivity index (χ3n) is 3.50. The smallest absolute Gasteiger partial charge is 0.191 e. The number of halogens is 1. The number of ether oxygens (including phenoxy) is 1. The molecule has 0 saturated carbocycles. The van der Waals surface area contributed by atoms with Crippen LogP contribution in [0.2, 0.25) is 0 Å². The molecule has 1 aromatic heterocycles. The van der Waals surface area contributed by atoms with Gasteiger partial charge in [0.05, 0.1) is 0 Å². The van der Waals surface area contributed by atoms with Crippen molar-refractivity contribution < 1.29 is 4.74 Å². The number of hydrogen-bond acceptors (Lipinski definition) is 4. The number of allylic oxidation sites excluding steroid dienone is 1. The van der Waals surface area contributed by atoms with Gasteiger partial charge in [-0.25, -0.2) is 0 Å². The predicted molar refractivity (Wildman–Crippen MR) is 105 cm³/mol. The summed E-state index contributed by atoms with van der Waals surface area (Å²) in [5.74, 6) is 2.44. The molecule has 0 aliphatic rings. The second kappa shape index (κ2) is 8.87. The third kappa shape index (κ3) is 4.96. The predicted octanol–water partition coefficient (Wildman–Crippen LogP) is 5.10. The number of benzene rings is 2. The van der Waals surface area contributed by atoms with Crippen LogP contribution < -0.4 is 4.74 Å². The minimum Gasteiger partial charge on any atom is -0.486 e. The number of rotatable bonds is 8. The van der Waals surface area contributed by atoms with E-state index in [1.807, 2.05) is 53.1 Å². The lowest BCUT2D eigenvalue weighted by molar-refractivity contribution is 0.289. The fraction of sp³-hybridized carbons (Fsp3) is 0.158. The van der Waals surface area contributed by atoms with Crippen molar-refractivity contribution in [3.63, 3.8) is 0 Å². The lowest BCUT2D eigenvalue weighted by Gasteiger charge is -2.09. The Morgan fingerprint density at radius 1 is 1.08 bits per heavy atom. The summed E-state index contributed by atoms with van der Waals surface area (Å²) >= 11 is 5.08. The van der Waals surface area contributed by atoms with Crippen molar-refractivity contribution in [2.45, 2.75) is 24.1 Å². The molecule has 1 heterocycles. The lowest BCUT2D eigenvalue weighted by atomic mass is 10.2. The SMILES string of the molecule is C=CCn1c(COc2ccc(Br)cc2)nnc1SCc1ccccc1. The highest BCUT2D eigenvalue weighted by Gasteiger charge is 2.12. The van der Waals surface area contributed by atoms with Crippen LogP contribution in [0.1, 0.15) is 11.4 Å². The molecule has 6 heteroatoms. The van der Waals surface area contributed by atoms with E-state index in [1.54, 1.807) is 11.8 Å². The molecule has 128 valence electrons. The van der Waals surface area contributed by atoms with Gasteiger partial charge < -0.3 is 4.74 Å². The summed E-state index contributed by atoms with van der Waals surface area (Å²) in [6.45, 7) is 4.86. The Balaban J connectivity index is 1.68. The van der Waals surface area contributed by atoms with Crippen LogP contribution in [0.15, 0.2) is 76.9 Å². The first-order chi connectivity index (χ1) is 12.3. The van der Waals surface area contributed by atoms with Gasteiger partial charge >= 0.3 is 0 Å². The average Bonchev–Trinajstić information content (AvgIpc) is 3.03. The maximum Gasteiger partial charge on any atom is 0.191 e. The first kappa shape index (κ1) is 17.8. The van der Waals surface area contributed by atoms with Gasteiger partial charge in [0.25, 0.3) is 0 Å². The molecule has 0 spiro atoms. The molecular weight excluding hydrogens is 398 g/mol. The van der Waals surface area contributed by atoms with E-state index in [0.29, 0.717) is 13.2 Å². The normalized spacial score (nSPS) is 10.6. The van der Waals surface area contributed by atoms with Crippen LogP contribution in [0.5, 0.6) is 5.75 Å². The van der Waals surface area contributed by atoms with Crippen LogP contribution in [0.3, 0.4) is 0 Å². The van der Waals surface area contributed by atoms with E-state index in [2.05, 4.69) is 44.8 Å². The zero-order valence-electron chi connectivity index (χ0n) is 13.6. The summed E-state index contributed by atoms with van der Waals surface area (Å²) < 4.78 is 8.89. The van der Waals surface area contributed by atoms with Crippen molar-refractivity contribution in [1.29, 1.82) is 0 Å². The first-order valence-electron chi connectivity index (χ1n) is 7.84. The maximum atomic E-state index is 5.82. The number of thioether (sulfide) groups is 1. The minimum atomic E-state index is 0.369. The molecule has 0 bridgehead atoms. The molecule has 0 N–H and O–H groups in total. The third-order valence-corrected chi connectivity index (χ3v) is 5.06. The zero-order chi connectivity index (χ0) is 17.5. The second-order valence-corrected chi connectivity index (χ2v) is 7.17. The first-order valence-corrected chi connectivity index (χ1v) is 9.62. The Morgan fingerprint density at radius 2 is 1.84 bits per heavy atom. The zero-order valence-corrected chi connectivity index (χ0v) is 16.0. The highest BCUT2D eigenvalue weighted by Crippen LogP contribution is 2.23. The molecule has 0 atom stereocenters. The Hall–Kier alpha value is -2.05. The van der Waals surface area contributed by atoms with E-state index in [1.165, 1.54) is 5.56 Å². The number of nitrogens with zero attached hydrogens (tertiary/aromatic N) is 3. The largest absolute Gasteiger partial charge is 0.486 e. The highest BCUT2D eigenvalue weighted by molar-refractivity contribution is 9.10. The Kier molecular flexibility index (Phi) is 6.30. The average molecular weight is 416 g/mol. The molecular formula is C19H18BrN3OS. The fourth-order valence-electron chi connectivity index (χ4n) is 2.25. The Morgan fingerprint density at radius 3 is 2.56 bits per heavy atom. The molecule has 3 rings (SSSR count). The summed E-state index contributed by atoms with van der Waals surface area (Å²) in [7, 11) is 0. The van der Waals surface area contributed by atoms with Crippen LogP contribution in [0, 0.1) is 0 Å². The highest BCUT2D eigenvalue weighted by atomic mass is 79.9. The van der Waals surface area contributed by atoms with Gasteiger partial charge in [0.1, 0.15) is 12.4 Å². The summed E-state index contributed by atoms with van der Waals surface area (Å²) in [5, 5.41) is 9.48. The molecule has 0 aliphatic heterocycles.